The summed E-state index contributed by atoms with van der Waals surface area (Å²) in [5.74, 6) is 0.892. The first kappa shape index (κ1) is 27.3. The summed E-state index contributed by atoms with van der Waals surface area (Å²) in [4.78, 5) is 19.3. The molecule has 8 nitrogen and oxygen atoms in total. The van der Waals surface area contributed by atoms with Gasteiger partial charge in [0, 0.05) is 19.3 Å². The molecule has 31 heavy (non-hydrogen) atoms. The van der Waals surface area contributed by atoms with Crippen molar-refractivity contribution < 1.29 is 9.47 Å². The Labute approximate surface area is 196 Å². The number of anilines is 2. The van der Waals surface area contributed by atoms with Gasteiger partial charge in [0.2, 0.25) is 5.95 Å². The second-order valence-corrected chi connectivity index (χ2v) is 7.40. The third kappa shape index (κ3) is 9.92. The minimum atomic E-state index is -0.376. The van der Waals surface area contributed by atoms with Gasteiger partial charge in [-0.15, -0.1) is 11.8 Å². The number of halogens is 2. The van der Waals surface area contributed by atoms with Crippen LogP contribution in [0.1, 0.15) is 25.1 Å². The number of nitrogens with one attached hydrogen (secondary N) is 4. The highest BCUT2D eigenvalue weighted by atomic mass is 35.5. The van der Waals surface area contributed by atoms with Gasteiger partial charge in [0.05, 0.1) is 35.8 Å². The minimum Gasteiger partial charge on any atom is -0.377 e. The first-order valence-electron chi connectivity index (χ1n) is 9.76. The van der Waals surface area contributed by atoms with E-state index in [-0.39, 0.29) is 22.9 Å². The highest BCUT2D eigenvalue weighted by Crippen LogP contribution is 2.22. The van der Waals surface area contributed by atoms with Crippen molar-refractivity contribution in [2.45, 2.75) is 20.4 Å². The Balaban J connectivity index is 0.00000233. The van der Waals surface area contributed by atoms with E-state index in [1.54, 1.807) is 23.9 Å². The normalized spacial score (nSPS) is 10.2. The second kappa shape index (κ2) is 15.9. The summed E-state index contributed by atoms with van der Waals surface area (Å²) < 4.78 is 10.7. The van der Waals surface area contributed by atoms with Gasteiger partial charge in [0.25, 0.3) is 5.56 Å². The molecule has 1 aromatic heterocycles. The fraction of sp³-hybridized carbons (Fsp3) is 0.450. The van der Waals surface area contributed by atoms with Gasteiger partial charge in [-0.1, -0.05) is 43.1 Å². The first-order valence-corrected chi connectivity index (χ1v) is 11.9. The summed E-state index contributed by atoms with van der Waals surface area (Å²) in [6, 6.07) is 5.25. The Morgan fingerprint density at radius 1 is 1.16 bits per heavy atom. The molecule has 0 amide bonds. The van der Waals surface area contributed by atoms with Crippen LogP contribution in [0, 0.1) is 5.41 Å². The average Bonchev–Trinajstić information content (AvgIpc) is 2.78. The quantitative estimate of drug-likeness (QED) is 0.186. The van der Waals surface area contributed by atoms with Gasteiger partial charge in [-0.05, 0) is 24.0 Å². The van der Waals surface area contributed by atoms with Gasteiger partial charge in [0.15, 0.2) is 0 Å². The second-order valence-electron chi connectivity index (χ2n) is 5.78. The van der Waals surface area contributed by atoms with E-state index in [4.69, 9.17) is 38.1 Å². The number of nitrogens with zero attached hydrogens (tertiary/aromatic N) is 1. The van der Waals surface area contributed by atoms with E-state index >= 15 is 0 Å². The smallest absolute Gasteiger partial charge is 0.276 e. The van der Waals surface area contributed by atoms with Crippen LogP contribution in [-0.2, 0) is 16.0 Å². The molecule has 2 aromatic rings. The Hall–Kier alpha value is -1.78. The number of H-pyrrole nitrogens is 1. The molecule has 4 N–H and O–H groups in total. The molecule has 0 bridgehead atoms. The molecule has 0 saturated heterocycles. The fourth-order valence-electron chi connectivity index (χ4n) is 2.30. The summed E-state index contributed by atoms with van der Waals surface area (Å²) in [7, 11) is 0. The lowest BCUT2D eigenvalue weighted by molar-refractivity contribution is 0.0705. The summed E-state index contributed by atoms with van der Waals surface area (Å²) >= 11 is 13.5. The number of rotatable bonds is 13. The lowest BCUT2D eigenvalue weighted by Crippen LogP contribution is -2.23. The molecule has 2 rings (SSSR count). The zero-order valence-electron chi connectivity index (χ0n) is 17.9. The van der Waals surface area contributed by atoms with Gasteiger partial charge in [-0.2, -0.15) is 0 Å². The van der Waals surface area contributed by atoms with Crippen LogP contribution in [0.2, 0.25) is 10.0 Å². The van der Waals surface area contributed by atoms with Crippen molar-refractivity contribution in [1.82, 2.24) is 9.97 Å². The van der Waals surface area contributed by atoms with E-state index < -0.39 is 0 Å². The van der Waals surface area contributed by atoms with Crippen molar-refractivity contribution in [3.63, 3.8) is 0 Å². The lowest BCUT2D eigenvalue weighted by Gasteiger charge is -2.11. The molecule has 0 saturated carbocycles. The zero-order valence-corrected chi connectivity index (χ0v) is 20.2. The maximum atomic E-state index is 12.4. The minimum absolute atomic E-state index is 0.224. The summed E-state index contributed by atoms with van der Waals surface area (Å²) in [5, 5.41) is 14.4. The third-order valence-electron chi connectivity index (χ3n) is 3.65. The summed E-state index contributed by atoms with van der Waals surface area (Å²) in [6.07, 6.45) is 2.99. The predicted molar refractivity (Wildman–Crippen MR) is 132 cm³/mol. The van der Waals surface area contributed by atoms with E-state index in [1.807, 2.05) is 26.2 Å². The molecule has 0 unspecified atom stereocenters. The number of ether oxygens (including phenoxy) is 2. The van der Waals surface area contributed by atoms with Crippen molar-refractivity contribution >= 4 is 52.8 Å². The van der Waals surface area contributed by atoms with Crippen LogP contribution in [-0.4, -0.2) is 54.7 Å². The molecule has 0 fully saturated rings. The van der Waals surface area contributed by atoms with Crippen LogP contribution in [0.25, 0.3) is 0 Å². The van der Waals surface area contributed by atoms with Crippen molar-refractivity contribution in [3.05, 3.63) is 49.9 Å². The number of aromatic nitrogens is 2. The number of thioether (sulfide) groups is 1. The number of hydrogen-bond donors (Lipinski definition) is 4. The highest BCUT2D eigenvalue weighted by molar-refractivity contribution is 7.98. The molecule has 0 aliphatic carbocycles. The van der Waals surface area contributed by atoms with Crippen LogP contribution < -0.4 is 16.2 Å². The van der Waals surface area contributed by atoms with E-state index in [0.29, 0.717) is 48.9 Å². The molecule has 1 aromatic carbocycles. The SMILES string of the molecule is CC.CSCOCCOCCNc1c(C=N)nc(NCc2ccc(Cl)c(Cl)c2)[nH]c1=O. The van der Waals surface area contributed by atoms with Gasteiger partial charge < -0.3 is 25.5 Å². The average molecular weight is 490 g/mol. The Kier molecular flexibility index (Phi) is 14.0. The van der Waals surface area contributed by atoms with Crippen molar-refractivity contribution in [3.8, 4) is 0 Å². The fourth-order valence-corrected chi connectivity index (χ4v) is 2.90. The topological polar surface area (TPSA) is 112 Å². The highest BCUT2D eigenvalue weighted by Gasteiger charge is 2.10. The van der Waals surface area contributed by atoms with E-state index in [1.165, 1.54) is 0 Å². The first-order chi connectivity index (χ1) is 15.0. The Morgan fingerprint density at radius 2 is 1.90 bits per heavy atom. The predicted octanol–water partition coefficient (Wildman–Crippen LogP) is 4.48. The molecule has 1 heterocycles. The zero-order chi connectivity index (χ0) is 23.1. The van der Waals surface area contributed by atoms with Gasteiger partial charge in [0.1, 0.15) is 11.4 Å². The molecule has 0 radical (unpaired) electrons. The molecular formula is C20H29Cl2N5O3S. The largest absolute Gasteiger partial charge is 0.377 e. The monoisotopic (exact) mass is 489 g/mol. The van der Waals surface area contributed by atoms with Gasteiger partial charge >= 0.3 is 0 Å². The van der Waals surface area contributed by atoms with Crippen LogP contribution in [0.3, 0.4) is 0 Å². The van der Waals surface area contributed by atoms with Crippen molar-refractivity contribution in [2.75, 3.05) is 49.2 Å². The molecular weight excluding hydrogens is 461 g/mol. The molecule has 0 atom stereocenters. The lowest BCUT2D eigenvalue weighted by atomic mass is 10.2. The Bertz CT molecular complexity index is 867. The van der Waals surface area contributed by atoms with Crippen molar-refractivity contribution in [1.29, 1.82) is 5.41 Å². The van der Waals surface area contributed by atoms with E-state index in [0.717, 1.165) is 11.8 Å². The van der Waals surface area contributed by atoms with Gasteiger partial charge in [-0.25, -0.2) is 4.98 Å². The molecule has 172 valence electrons. The molecule has 0 aliphatic rings. The van der Waals surface area contributed by atoms with E-state index in [9.17, 15) is 4.79 Å². The Morgan fingerprint density at radius 3 is 2.58 bits per heavy atom. The summed E-state index contributed by atoms with van der Waals surface area (Å²) in [5.41, 5.74) is 0.953. The maximum absolute atomic E-state index is 12.4. The van der Waals surface area contributed by atoms with Crippen molar-refractivity contribution in [2.24, 2.45) is 0 Å². The number of hydrogen-bond acceptors (Lipinski definition) is 8. The molecule has 0 spiro atoms. The molecule has 11 heteroatoms. The summed E-state index contributed by atoms with van der Waals surface area (Å²) in [6.45, 7) is 6.19. The number of aromatic amines is 1. The molecule has 0 aliphatic heterocycles. The van der Waals surface area contributed by atoms with Gasteiger partial charge in [-0.3, -0.25) is 9.78 Å². The third-order valence-corrected chi connectivity index (χ3v) is 4.79. The number of benzene rings is 1. The standard InChI is InChI=1S/C18H23Cl2N5O3S.C2H6/c1-29-11-28-7-6-27-5-4-22-16-15(9-21)24-18(25-17(16)26)23-10-12-2-3-13(19)14(20)8-12;1-2/h2-3,8-9,21-22H,4-7,10-11H2,1H3,(H2,23,24,25,26);1-2H3. The maximum Gasteiger partial charge on any atom is 0.276 e. The van der Waals surface area contributed by atoms with Crippen LogP contribution >= 0.6 is 35.0 Å². The van der Waals surface area contributed by atoms with Crippen LogP contribution in [0.15, 0.2) is 23.0 Å². The van der Waals surface area contributed by atoms with E-state index in [2.05, 4.69) is 20.6 Å². The van der Waals surface area contributed by atoms with Crippen LogP contribution in [0.5, 0.6) is 0 Å². The van der Waals surface area contributed by atoms with Crippen LogP contribution in [0.4, 0.5) is 11.6 Å².